The number of imidazole rings is 1. The van der Waals surface area contributed by atoms with Crippen molar-refractivity contribution in [2.75, 3.05) is 12.4 Å². The Balaban J connectivity index is 2.23. The van der Waals surface area contributed by atoms with E-state index in [1.54, 1.807) is 13.3 Å². The fourth-order valence-electron chi connectivity index (χ4n) is 1.70. The molecule has 0 atom stereocenters. The lowest BCUT2D eigenvalue weighted by Gasteiger charge is -2.13. The predicted molar refractivity (Wildman–Crippen MR) is 73.9 cm³/mol. The topological polar surface area (TPSA) is 39.1 Å². The summed E-state index contributed by atoms with van der Waals surface area (Å²) in [5, 5.41) is 3.81. The molecule has 5 heteroatoms. The number of nitrogens with one attached hydrogen (secondary N) is 1. The number of anilines is 2. The minimum absolute atomic E-state index is 0.351. The van der Waals surface area contributed by atoms with Crippen LogP contribution in [0.25, 0.3) is 0 Å². The zero-order valence-electron chi connectivity index (χ0n) is 10.6. The third kappa shape index (κ3) is 2.59. The van der Waals surface area contributed by atoms with Gasteiger partial charge >= 0.3 is 0 Å². The summed E-state index contributed by atoms with van der Waals surface area (Å²) in [4.78, 5) is 4.28. The second-order valence-electron chi connectivity index (χ2n) is 4.23. The molecule has 0 radical (unpaired) electrons. The molecule has 0 aliphatic carbocycles. The maximum atomic E-state index is 6.08. The van der Waals surface area contributed by atoms with Crippen molar-refractivity contribution in [3.8, 4) is 5.75 Å². The van der Waals surface area contributed by atoms with E-state index in [0.29, 0.717) is 16.8 Å². The molecule has 0 amide bonds. The van der Waals surface area contributed by atoms with Crippen LogP contribution < -0.4 is 10.1 Å². The zero-order valence-corrected chi connectivity index (χ0v) is 11.4. The Bertz CT molecular complexity index is 537. The first-order valence-electron chi connectivity index (χ1n) is 5.75. The summed E-state index contributed by atoms with van der Waals surface area (Å²) < 4.78 is 7.17. The Morgan fingerprint density at radius 1 is 1.39 bits per heavy atom. The molecule has 1 N–H and O–H groups in total. The maximum Gasteiger partial charge on any atom is 0.207 e. The van der Waals surface area contributed by atoms with Crippen LogP contribution in [-0.2, 0) is 0 Å². The van der Waals surface area contributed by atoms with Crippen LogP contribution in [0.2, 0.25) is 5.02 Å². The summed E-state index contributed by atoms with van der Waals surface area (Å²) in [6.07, 6.45) is 3.71. The summed E-state index contributed by atoms with van der Waals surface area (Å²) in [6, 6.07) is 5.90. The van der Waals surface area contributed by atoms with Gasteiger partial charge in [-0.2, -0.15) is 0 Å². The molecule has 0 aliphatic heterocycles. The van der Waals surface area contributed by atoms with Gasteiger partial charge in [-0.25, -0.2) is 4.98 Å². The third-order valence-electron chi connectivity index (χ3n) is 2.63. The Hall–Kier alpha value is -1.68. The molecule has 0 bridgehead atoms. The van der Waals surface area contributed by atoms with Crippen molar-refractivity contribution in [1.29, 1.82) is 0 Å². The minimum atomic E-state index is 0.351. The van der Waals surface area contributed by atoms with Gasteiger partial charge in [-0.15, -0.1) is 0 Å². The highest BCUT2D eigenvalue weighted by Gasteiger charge is 2.07. The molecule has 18 heavy (non-hydrogen) atoms. The Kier molecular flexibility index (Phi) is 3.77. The van der Waals surface area contributed by atoms with Gasteiger partial charge in [0.1, 0.15) is 5.75 Å². The number of hydrogen-bond acceptors (Lipinski definition) is 3. The van der Waals surface area contributed by atoms with Gasteiger partial charge < -0.3 is 14.6 Å². The van der Waals surface area contributed by atoms with Gasteiger partial charge in [0.2, 0.25) is 5.95 Å². The molecule has 0 saturated heterocycles. The number of nitrogens with zero attached hydrogens (tertiary/aromatic N) is 2. The van der Waals surface area contributed by atoms with E-state index in [2.05, 4.69) is 28.7 Å². The highest BCUT2D eigenvalue weighted by atomic mass is 35.5. The largest absolute Gasteiger partial charge is 0.495 e. The normalized spacial score (nSPS) is 10.7. The summed E-state index contributed by atoms with van der Waals surface area (Å²) in [5.41, 5.74) is 0.883. The fraction of sp³-hybridized carbons (Fsp3) is 0.308. The van der Waals surface area contributed by atoms with Crippen LogP contribution in [-0.4, -0.2) is 16.7 Å². The molecule has 0 aliphatic rings. The van der Waals surface area contributed by atoms with E-state index in [1.165, 1.54) is 0 Å². The molecular formula is C13H16ClN3O. The standard InChI is InChI=1S/C13H16ClN3O/c1-9(2)17-7-6-15-13(17)16-10-4-5-12(18-3)11(14)8-10/h4-9H,1-3H3,(H,15,16). The Labute approximate surface area is 112 Å². The SMILES string of the molecule is COc1ccc(Nc2nccn2C(C)C)cc1Cl. The van der Waals surface area contributed by atoms with Gasteiger partial charge in [-0.3, -0.25) is 0 Å². The van der Waals surface area contributed by atoms with Gasteiger partial charge in [0.15, 0.2) is 0 Å². The van der Waals surface area contributed by atoms with Crippen LogP contribution >= 0.6 is 11.6 Å². The number of benzene rings is 1. The van der Waals surface area contributed by atoms with Crippen LogP contribution in [0, 0.1) is 0 Å². The summed E-state index contributed by atoms with van der Waals surface area (Å²) >= 11 is 6.08. The van der Waals surface area contributed by atoms with Crippen LogP contribution in [0.5, 0.6) is 5.75 Å². The number of methoxy groups -OCH3 is 1. The van der Waals surface area contributed by atoms with Crippen LogP contribution in [0.3, 0.4) is 0 Å². The fourth-order valence-corrected chi connectivity index (χ4v) is 1.96. The van der Waals surface area contributed by atoms with Crippen molar-refractivity contribution in [3.05, 3.63) is 35.6 Å². The number of hydrogen-bond donors (Lipinski definition) is 1. The molecule has 0 saturated carbocycles. The number of halogens is 1. The van der Waals surface area contributed by atoms with Crippen molar-refractivity contribution < 1.29 is 4.74 Å². The van der Waals surface area contributed by atoms with Gasteiger partial charge in [0.25, 0.3) is 0 Å². The first-order chi connectivity index (χ1) is 8.61. The van der Waals surface area contributed by atoms with E-state index < -0.39 is 0 Å². The predicted octanol–water partition coefficient (Wildman–Crippen LogP) is 3.87. The highest BCUT2D eigenvalue weighted by Crippen LogP contribution is 2.28. The molecule has 0 spiro atoms. The first kappa shape index (κ1) is 12.8. The van der Waals surface area contributed by atoms with Gasteiger partial charge in [0, 0.05) is 24.1 Å². The summed E-state index contributed by atoms with van der Waals surface area (Å²) in [5.74, 6) is 1.46. The lowest BCUT2D eigenvalue weighted by atomic mass is 10.3. The average molecular weight is 266 g/mol. The van der Waals surface area contributed by atoms with Gasteiger partial charge in [0.05, 0.1) is 12.1 Å². The maximum absolute atomic E-state index is 6.08. The highest BCUT2D eigenvalue weighted by molar-refractivity contribution is 6.32. The van der Waals surface area contributed by atoms with E-state index in [9.17, 15) is 0 Å². The summed E-state index contributed by atoms with van der Waals surface area (Å²) in [7, 11) is 1.60. The monoisotopic (exact) mass is 265 g/mol. The molecule has 1 aromatic heterocycles. The van der Waals surface area contributed by atoms with E-state index in [4.69, 9.17) is 16.3 Å². The Morgan fingerprint density at radius 2 is 2.17 bits per heavy atom. The van der Waals surface area contributed by atoms with E-state index in [-0.39, 0.29) is 0 Å². The van der Waals surface area contributed by atoms with Crippen molar-refractivity contribution >= 4 is 23.2 Å². The van der Waals surface area contributed by atoms with Crippen molar-refractivity contribution in [2.24, 2.45) is 0 Å². The van der Waals surface area contributed by atoms with Crippen LogP contribution in [0.15, 0.2) is 30.6 Å². The smallest absolute Gasteiger partial charge is 0.207 e. The second kappa shape index (κ2) is 5.31. The van der Waals surface area contributed by atoms with Crippen molar-refractivity contribution in [2.45, 2.75) is 19.9 Å². The molecular weight excluding hydrogens is 250 g/mol. The molecule has 4 nitrogen and oxygen atoms in total. The molecule has 1 aromatic carbocycles. The van der Waals surface area contributed by atoms with Crippen LogP contribution in [0.4, 0.5) is 11.6 Å². The third-order valence-corrected chi connectivity index (χ3v) is 2.93. The average Bonchev–Trinajstić information content (AvgIpc) is 2.77. The second-order valence-corrected chi connectivity index (χ2v) is 4.63. The van der Waals surface area contributed by atoms with E-state index in [1.807, 2.05) is 24.4 Å². The van der Waals surface area contributed by atoms with Gasteiger partial charge in [-0.05, 0) is 32.0 Å². The minimum Gasteiger partial charge on any atom is -0.495 e. The molecule has 2 aromatic rings. The molecule has 2 rings (SSSR count). The molecule has 0 fully saturated rings. The van der Waals surface area contributed by atoms with Gasteiger partial charge in [-0.1, -0.05) is 11.6 Å². The van der Waals surface area contributed by atoms with E-state index in [0.717, 1.165) is 11.6 Å². The number of aromatic nitrogens is 2. The molecule has 1 heterocycles. The molecule has 0 unspecified atom stereocenters. The zero-order chi connectivity index (χ0) is 13.1. The first-order valence-corrected chi connectivity index (χ1v) is 6.13. The lowest BCUT2D eigenvalue weighted by Crippen LogP contribution is -2.05. The number of ether oxygens (including phenoxy) is 1. The number of rotatable bonds is 4. The van der Waals surface area contributed by atoms with Crippen molar-refractivity contribution in [1.82, 2.24) is 9.55 Å². The van der Waals surface area contributed by atoms with Crippen molar-refractivity contribution in [3.63, 3.8) is 0 Å². The summed E-state index contributed by atoms with van der Waals surface area (Å²) in [6.45, 7) is 4.21. The lowest BCUT2D eigenvalue weighted by molar-refractivity contribution is 0.415. The van der Waals surface area contributed by atoms with Crippen LogP contribution in [0.1, 0.15) is 19.9 Å². The quantitative estimate of drug-likeness (QED) is 0.912. The molecule has 96 valence electrons. The van der Waals surface area contributed by atoms with E-state index >= 15 is 0 Å². The Morgan fingerprint density at radius 3 is 2.78 bits per heavy atom.